The fraction of sp³-hybridized carbons (Fsp3) is 0.733. The molecular formula is C30H51NO5. The normalized spacial score (nSPS) is 10.9. The molecule has 0 aliphatic heterocycles. The van der Waals surface area contributed by atoms with E-state index in [1.807, 2.05) is 0 Å². The van der Waals surface area contributed by atoms with Crippen molar-refractivity contribution in [3.63, 3.8) is 0 Å². The largest absolute Gasteiger partial charge is 0.491 e. The number of carbonyl (C=O) groups excluding carboxylic acids is 2. The Kier molecular flexibility index (Phi) is 20.9. The van der Waals surface area contributed by atoms with Crippen molar-refractivity contribution < 1.29 is 23.8 Å². The average molecular weight is 506 g/mol. The van der Waals surface area contributed by atoms with Gasteiger partial charge < -0.3 is 14.2 Å². The molecule has 0 aliphatic carbocycles. The molecule has 0 saturated carbocycles. The van der Waals surface area contributed by atoms with Gasteiger partial charge in [-0.1, -0.05) is 103 Å². The smallest absolute Gasteiger partial charge is 0.257 e. The van der Waals surface area contributed by atoms with Crippen LogP contribution in [0.25, 0.3) is 0 Å². The lowest BCUT2D eigenvalue weighted by molar-refractivity contribution is -0.120. The number of ether oxygens (including phenoxy) is 3. The van der Waals surface area contributed by atoms with Crippen molar-refractivity contribution in [3.8, 4) is 5.75 Å². The van der Waals surface area contributed by atoms with Gasteiger partial charge in [-0.05, 0) is 24.6 Å². The van der Waals surface area contributed by atoms with Crippen LogP contribution in [0.15, 0.2) is 24.3 Å². The molecule has 1 aromatic carbocycles. The highest BCUT2D eigenvalue weighted by atomic mass is 16.5. The minimum absolute atomic E-state index is 0.215. The second-order valence-corrected chi connectivity index (χ2v) is 9.56. The highest BCUT2D eigenvalue weighted by Gasteiger charge is 2.11. The van der Waals surface area contributed by atoms with Crippen LogP contribution in [0.4, 0.5) is 0 Å². The summed E-state index contributed by atoms with van der Waals surface area (Å²) >= 11 is 0. The van der Waals surface area contributed by atoms with Crippen LogP contribution in [0.2, 0.25) is 0 Å². The summed E-state index contributed by atoms with van der Waals surface area (Å²) in [6.45, 7) is 4.15. The summed E-state index contributed by atoms with van der Waals surface area (Å²) in [5.74, 6) is -0.0249. The summed E-state index contributed by atoms with van der Waals surface area (Å²) < 4.78 is 15.9. The Hall–Kier alpha value is -1.92. The summed E-state index contributed by atoms with van der Waals surface area (Å²) in [5, 5.41) is 2.49. The van der Waals surface area contributed by atoms with Crippen LogP contribution in [0.3, 0.4) is 0 Å². The summed E-state index contributed by atoms with van der Waals surface area (Å²) in [6.07, 6.45) is 19.7. The molecule has 1 rings (SSSR count). The molecule has 0 unspecified atom stereocenters. The number of hydrogen-bond acceptors (Lipinski definition) is 5. The SMILES string of the molecule is CCCCCCCCCCCCCCCCCC(=O)NC(=O)c1cccc(OCCOCCOC)c1. The van der Waals surface area contributed by atoms with E-state index in [0.717, 1.165) is 19.3 Å². The van der Waals surface area contributed by atoms with Gasteiger partial charge in [0.15, 0.2) is 0 Å². The molecule has 2 amide bonds. The standard InChI is InChI=1S/C30H51NO5/c1-3-4-5-6-7-8-9-10-11-12-13-14-15-16-17-21-29(32)31-30(33)27-19-18-20-28(26-27)36-25-24-35-23-22-34-2/h18-20,26H,3-17,21-25H2,1-2H3,(H,31,32,33). The van der Waals surface area contributed by atoms with Crippen LogP contribution < -0.4 is 10.1 Å². The van der Waals surface area contributed by atoms with Crippen molar-refractivity contribution in [1.82, 2.24) is 5.32 Å². The predicted molar refractivity (Wildman–Crippen MR) is 147 cm³/mol. The minimum Gasteiger partial charge on any atom is -0.491 e. The minimum atomic E-state index is -0.386. The highest BCUT2D eigenvalue weighted by molar-refractivity contribution is 6.04. The summed E-state index contributed by atoms with van der Waals surface area (Å²) in [7, 11) is 1.63. The predicted octanol–water partition coefficient (Wildman–Crippen LogP) is 7.25. The molecule has 0 heterocycles. The third kappa shape index (κ3) is 18.4. The molecule has 0 radical (unpaired) electrons. The molecule has 0 spiro atoms. The van der Waals surface area contributed by atoms with Gasteiger partial charge in [-0.2, -0.15) is 0 Å². The topological polar surface area (TPSA) is 73.9 Å². The number of methoxy groups -OCH3 is 1. The molecule has 6 nitrogen and oxygen atoms in total. The van der Waals surface area contributed by atoms with E-state index in [1.165, 1.54) is 77.0 Å². The second-order valence-electron chi connectivity index (χ2n) is 9.56. The maximum absolute atomic E-state index is 12.4. The van der Waals surface area contributed by atoms with E-state index < -0.39 is 0 Å². The van der Waals surface area contributed by atoms with E-state index in [-0.39, 0.29) is 11.8 Å². The van der Waals surface area contributed by atoms with Crippen LogP contribution in [0.1, 0.15) is 120 Å². The van der Waals surface area contributed by atoms with Crippen molar-refractivity contribution in [2.24, 2.45) is 0 Å². The molecule has 1 N–H and O–H groups in total. The first-order valence-electron chi connectivity index (χ1n) is 14.3. The van der Waals surface area contributed by atoms with Crippen molar-refractivity contribution >= 4 is 11.8 Å². The van der Waals surface area contributed by atoms with Gasteiger partial charge >= 0.3 is 0 Å². The van der Waals surface area contributed by atoms with Gasteiger partial charge in [0.05, 0.1) is 19.8 Å². The molecule has 0 aromatic heterocycles. The zero-order chi connectivity index (χ0) is 26.1. The zero-order valence-corrected chi connectivity index (χ0v) is 23.0. The molecule has 0 bridgehead atoms. The lowest BCUT2D eigenvalue weighted by atomic mass is 10.0. The van der Waals surface area contributed by atoms with Crippen LogP contribution >= 0.6 is 0 Å². The van der Waals surface area contributed by atoms with Gasteiger partial charge in [-0.3, -0.25) is 14.9 Å². The Balaban J connectivity index is 2.01. The summed E-state index contributed by atoms with van der Waals surface area (Å²) in [5.41, 5.74) is 0.414. The number of hydrogen-bond donors (Lipinski definition) is 1. The Morgan fingerprint density at radius 3 is 1.86 bits per heavy atom. The Bertz CT molecular complexity index is 679. The van der Waals surface area contributed by atoms with Gasteiger partial charge in [0, 0.05) is 19.1 Å². The third-order valence-electron chi connectivity index (χ3n) is 6.28. The van der Waals surface area contributed by atoms with Crippen LogP contribution in [-0.4, -0.2) is 45.4 Å². The molecule has 6 heteroatoms. The van der Waals surface area contributed by atoms with Crippen molar-refractivity contribution in [3.05, 3.63) is 29.8 Å². The van der Waals surface area contributed by atoms with Gasteiger partial charge in [0.2, 0.25) is 5.91 Å². The number of imide groups is 1. The van der Waals surface area contributed by atoms with Crippen LogP contribution in [0, 0.1) is 0 Å². The molecule has 0 atom stereocenters. The summed E-state index contributed by atoms with van der Waals surface area (Å²) in [4.78, 5) is 24.5. The molecule has 206 valence electrons. The van der Waals surface area contributed by atoms with E-state index in [0.29, 0.717) is 44.2 Å². The van der Waals surface area contributed by atoms with Crippen molar-refractivity contribution in [1.29, 1.82) is 0 Å². The Morgan fingerprint density at radius 1 is 0.722 bits per heavy atom. The number of rotatable bonds is 24. The maximum Gasteiger partial charge on any atom is 0.257 e. The van der Waals surface area contributed by atoms with Crippen LogP contribution in [-0.2, 0) is 14.3 Å². The van der Waals surface area contributed by atoms with Crippen LogP contribution in [0.5, 0.6) is 5.75 Å². The van der Waals surface area contributed by atoms with Gasteiger partial charge in [0.25, 0.3) is 5.91 Å². The maximum atomic E-state index is 12.4. The van der Waals surface area contributed by atoms with E-state index in [9.17, 15) is 9.59 Å². The number of carbonyl (C=O) groups is 2. The average Bonchev–Trinajstić information content (AvgIpc) is 2.88. The molecule has 0 saturated heterocycles. The first-order chi connectivity index (χ1) is 17.7. The monoisotopic (exact) mass is 505 g/mol. The van der Waals surface area contributed by atoms with E-state index in [1.54, 1.807) is 31.4 Å². The molecule has 36 heavy (non-hydrogen) atoms. The Labute approximate surface area is 219 Å². The number of amides is 2. The fourth-order valence-electron chi connectivity index (χ4n) is 4.11. The summed E-state index contributed by atoms with van der Waals surface area (Å²) in [6, 6.07) is 6.85. The number of unbranched alkanes of at least 4 members (excludes halogenated alkanes) is 14. The third-order valence-corrected chi connectivity index (χ3v) is 6.28. The van der Waals surface area contributed by atoms with Gasteiger partial charge in [-0.25, -0.2) is 0 Å². The molecule has 1 aromatic rings. The van der Waals surface area contributed by atoms with Crippen molar-refractivity contribution in [2.45, 2.75) is 110 Å². The first-order valence-corrected chi connectivity index (χ1v) is 14.3. The van der Waals surface area contributed by atoms with Gasteiger partial charge in [0.1, 0.15) is 12.4 Å². The quantitative estimate of drug-likeness (QED) is 0.150. The number of benzene rings is 1. The fourth-order valence-corrected chi connectivity index (χ4v) is 4.11. The Morgan fingerprint density at radius 2 is 1.28 bits per heavy atom. The molecule has 0 fully saturated rings. The first kappa shape index (κ1) is 32.1. The number of nitrogens with one attached hydrogen (secondary N) is 1. The van der Waals surface area contributed by atoms with Gasteiger partial charge in [-0.15, -0.1) is 0 Å². The lowest BCUT2D eigenvalue weighted by Gasteiger charge is -2.09. The van der Waals surface area contributed by atoms with E-state index in [4.69, 9.17) is 14.2 Å². The zero-order valence-electron chi connectivity index (χ0n) is 23.0. The van der Waals surface area contributed by atoms with Crippen molar-refractivity contribution in [2.75, 3.05) is 33.5 Å². The van der Waals surface area contributed by atoms with E-state index >= 15 is 0 Å². The second kappa shape index (κ2) is 23.5. The molecule has 0 aliphatic rings. The molecular weight excluding hydrogens is 454 g/mol. The van der Waals surface area contributed by atoms with E-state index in [2.05, 4.69) is 12.2 Å². The highest BCUT2D eigenvalue weighted by Crippen LogP contribution is 2.15. The lowest BCUT2D eigenvalue weighted by Crippen LogP contribution is -2.30.